The van der Waals surface area contributed by atoms with E-state index in [9.17, 15) is 4.79 Å². The standard InChI is InChI=1S/C13H14N2OS/c1-8-4-5-11(9(2)6-8)12(16)15-13-14-7-10(3)17-13/h4-7H,1-3H3,(H,14,15,16). The van der Waals surface area contributed by atoms with E-state index in [2.05, 4.69) is 10.3 Å². The van der Waals surface area contributed by atoms with Gasteiger partial charge in [-0.2, -0.15) is 0 Å². The van der Waals surface area contributed by atoms with Crippen molar-refractivity contribution in [3.8, 4) is 0 Å². The molecule has 1 aromatic heterocycles. The van der Waals surface area contributed by atoms with Gasteiger partial charge in [-0.3, -0.25) is 10.1 Å². The molecule has 2 aromatic rings. The summed E-state index contributed by atoms with van der Waals surface area (Å²) in [4.78, 5) is 17.2. The fraction of sp³-hybridized carbons (Fsp3) is 0.231. The van der Waals surface area contributed by atoms with Crippen LogP contribution in [0.4, 0.5) is 5.13 Å². The van der Waals surface area contributed by atoms with Gasteiger partial charge >= 0.3 is 0 Å². The van der Waals surface area contributed by atoms with E-state index in [0.29, 0.717) is 10.7 Å². The minimum Gasteiger partial charge on any atom is -0.298 e. The summed E-state index contributed by atoms with van der Waals surface area (Å²) >= 11 is 1.48. The van der Waals surface area contributed by atoms with Crippen molar-refractivity contribution in [1.29, 1.82) is 0 Å². The van der Waals surface area contributed by atoms with Crippen molar-refractivity contribution < 1.29 is 4.79 Å². The van der Waals surface area contributed by atoms with Gasteiger partial charge in [0.1, 0.15) is 0 Å². The number of aromatic nitrogens is 1. The highest BCUT2D eigenvalue weighted by atomic mass is 32.1. The molecule has 0 saturated carbocycles. The summed E-state index contributed by atoms with van der Waals surface area (Å²) in [6.07, 6.45) is 1.75. The van der Waals surface area contributed by atoms with E-state index < -0.39 is 0 Å². The molecule has 0 aliphatic rings. The third kappa shape index (κ3) is 2.71. The second-order valence-electron chi connectivity index (χ2n) is 4.05. The van der Waals surface area contributed by atoms with E-state index >= 15 is 0 Å². The summed E-state index contributed by atoms with van der Waals surface area (Å²) in [6.45, 7) is 5.92. The molecule has 4 heteroatoms. The molecule has 0 radical (unpaired) electrons. The molecule has 0 unspecified atom stereocenters. The summed E-state index contributed by atoms with van der Waals surface area (Å²) in [5.74, 6) is -0.100. The first kappa shape index (κ1) is 11.8. The van der Waals surface area contributed by atoms with Crippen molar-refractivity contribution in [2.24, 2.45) is 0 Å². The number of anilines is 1. The Morgan fingerprint density at radius 2 is 2.06 bits per heavy atom. The summed E-state index contributed by atoms with van der Waals surface area (Å²) in [7, 11) is 0. The average Bonchev–Trinajstić information content (AvgIpc) is 2.63. The Kier molecular flexibility index (Phi) is 3.24. The first-order valence-corrected chi connectivity index (χ1v) is 6.19. The lowest BCUT2D eigenvalue weighted by molar-refractivity contribution is 0.102. The first-order chi connectivity index (χ1) is 8.06. The van der Waals surface area contributed by atoms with Crippen LogP contribution in [0.1, 0.15) is 26.4 Å². The van der Waals surface area contributed by atoms with Crippen LogP contribution < -0.4 is 5.32 Å². The Balaban J connectivity index is 2.20. The van der Waals surface area contributed by atoms with E-state index in [0.717, 1.165) is 16.0 Å². The van der Waals surface area contributed by atoms with Crippen LogP contribution in [-0.4, -0.2) is 10.9 Å². The second kappa shape index (κ2) is 4.67. The fourth-order valence-corrected chi connectivity index (χ4v) is 2.30. The van der Waals surface area contributed by atoms with E-state index in [1.54, 1.807) is 6.20 Å². The predicted molar refractivity (Wildman–Crippen MR) is 70.7 cm³/mol. The van der Waals surface area contributed by atoms with Gasteiger partial charge in [-0.1, -0.05) is 17.7 Å². The quantitative estimate of drug-likeness (QED) is 0.883. The monoisotopic (exact) mass is 246 g/mol. The van der Waals surface area contributed by atoms with Crippen LogP contribution in [0.2, 0.25) is 0 Å². The van der Waals surface area contributed by atoms with E-state index in [1.807, 2.05) is 39.0 Å². The number of hydrogen-bond acceptors (Lipinski definition) is 3. The van der Waals surface area contributed by atoms with E-state index in [-0.39, 0.29) is 5.91 Å². The molecule has 1 heterocycles. The zero-order valence-electron chi connectivity index (χ0n) is 10.1. The van der Waals surface area contributed by atoms with Crippen LogP contribution in [0, 0.1) is 20.8 Å². The number of nitrogens with zero attached hydrogens (tertiary/aromatic N) is 1. The van der Waals surface area contributed by atoms with Gasteiger partial charge in [0.15, 0.2) is 5.13 Å². The zero-order chi connectivity index (χ0) is 12.4. The number of nitrogens with one attached hydrogen (secondary N) is 1. The summed E-state index contributed by atoms with van der Waals surface area (Å²) < 4.78 is 0. The zero-order valence-corrected chi connectivity index (χ0v) is 10.9. The molecular formula is C13H14N2OS. The largest absolute Gasteiger partial charge is 0.298 e. The highest BCUT2D eigenvalue weighted by Crippen LogP contribution is 2.18. The molecule has 1 aromatic carbocycles. The molecule has 0 atom stereocenters. The predicted octanol–water partition coefficient (Wildman–Crippen LogP) is 3.32. The number of rotatable bonds is 2. The number of hydrogen-bond donors (Lipinski definition) is 1. The molecule has 1 N–H and O–H groups in total. The van der Waals surface area contributed by atoms with E-state index in [1.165, 1.54) is 11.3 Å². The van der Waals surface area contributed by atoms with Gasteiger partial charge in [-0.25, -0.2) is 4.98 Å². The Morgan fingerprint density at radius 1 is 1.29 bits per heavy atom. The maximum Gasteiger partial charge on any atom is 0.257 e. The van der Waals surface area contributed by atoms with Crippen LogP contribution in [-0.2, 0) is 0 Å². The number of carbonyl (C=O) groups is 1. The lowest BCUT2D eigenvalue weighted by Crippen LogP contribution is -2.13. The molecule has 88 valence electrons. The number of benzene rings is 1. The van der Waals surface area contributed by atoms with Crippen molar-refractivity contribution in [2.75, 3.05) is 5.32 Å². The van der Waals surface area contributed by atoms with Crippen LogP contribution in [0.3, 0.4) is 0 Å². The number of thiazole rings is 1. The van der Waals surface area contributed by atoms with E-state index in [4.69, 9.17) is 0 Å². The van der Waals surface area contributed by atoms with Gasteiger partial charge in [0.05, 0.1) is 0 Å². The minimum atomic E-state index is -0.100. The van der Waals surface area contributed by atoms with Gasteiger partial charge in [0.2, 0.25) is 0 Å². The molecular weight excluding hydrogens is 232 g/mol. The van der Waals surface area contributed by atoms with Gasteiger partial charge in [-0.15, -0.1) is 11.3 Å². The molecule has 0 aliphatic carbocycles. The average molecular weight is 246 g/mol. The first-order valence-electron chi connectivity index (χ1n) is 5.37. The van der Waals surface area contributed by atoms with Crippen molar-refractivity contribution in [3.63, 3.8) is 0 Å². The van der Waals surface area contributed by atoms with Crippen molar-refractivity contribution in [2.45, 2.75) is 20.8 Å². The highest BCUT2D eigenvalue weighted by molar-refractivity contribution is 7.15. The molecule has 3 nitrogen and oxygen atoms in total. The molecule has 0 bridgehead atoms. The van der Waals surface area contributed by atoms with Crippen molar-refractivity contribution in [1.82, 2.24) is 4.98 Å². The molecule has 17 heavy (non-hydrogen) atoms. The molecule has 0 aliphatic heterocycles. The van der Waals surface area contributed by atoms with Crippen LogP contribution in [0.25, 0.3) is 0 Å². The Hall–Kier alpha value is -1.68. The number of carbonyl (C=O) groups excluding carboxylic acids is 1. The summed E-state index contributed by atoms with van der Waals surface area (Å²) in [5.41, 5.74) is 2.84. The summed E-state index contributed by atoms with van der Waals surface area (Å²) in [5, 5.41) is 3.45. The van der Waals surface area contributed by atoms with Gasteiger partial charge in [0.25, 0.3) is 5.91 Å². The van der Waals surface area contributed by atoms with Crippen LogP contribution in [0.15, 0.2) is 24.4 Å². The van der Waals surface area contributed by atoms with Gasteiger partial charge < -0.3 is 0 Å². The SMILES string of the molecule is Cc1ccc(C(=O)Nc2ncc(C)s2)c(C)c1. The number of amides is 1. The maximum atomic E-state index is 12.0. The minimum absolute atomic E-state index is 0.100. The fourth-order valence-electron chi connectivity index (χ4n) is 1.65. The Morgan fingerprint density at radius 3 is 2.65 bits per heavy atom. The lowest BCUT2D eigenvalue weighted by atomic mass is 10.1. The number of aryl methyl sites for hydroxylation is 3. The summed E-state index contributed by atoms with van der Waals surface area (Å²) in [6, 6.07) is 5.79. The third-order valence-electron chi connectivity index (χ3n) is 2.47. The van der Waals surface area contributed by atoms with Crippen molar-refractivity contribution >= 4 is 22.4 Å². The third-order valence-corrected chi connectivity index (χ3v) is 3.30. The smallest absolute Gasteiger partial charge is 0.257 e. The normalized spacial score (nSPS) is 10.3. The molecule has 0 fully saturated rings. The Bertz CT molecular complexity index is 560. The van der Waals surface area contributed by atoms with Crippen LogP contribution in [0.5, 0.6) is 0 Å². The Labute approximate surface area is 105 Å². The van der Waals surface area contributed by atoms with Crippen molar-refractivity contribution in [3.05, 3.63) is 46.0 Å². The van der Waals surface area contributed by atoms with Gasteiger partial charge in [0, 0.05) is 16.6 Å². The maximum absolute atomic E-state index is 12.0. The molecule has 0 spiro atoms. The molecule has 2 rings (SSSR count). The second-order valence-corrected chi connectivity index (χ2v) is 5.28. The van der Waals surface area contributed by atoms with Gasteiger partial charge in [-0.05, 0) is 32.4 Å². The molecule has 0 saturated heterocycles. The highest BCUT2D eigenvalue weighted by Gasteiger charge is 2.10. The molecule has 1 amide bonds. The lowest BCUT2D eigenvalue weighted by Gasteiger charge is -2.06. The van der Waals surface area contributed by atoms with Crippen LogP contribution >= 0.6 is 11.3 Å². The topological polar surface area (TPSA) is 42.0 Å².